The molecule has 1 aliphatic rings. The zero-order valence-electron chi connectivity index (χ0n) is 10.2. The van der Waals surface area contributed by atoms with E-state index in [1.54, 1.807) is 6.08 Å². The molecule has 1 aromatic carbocycles. The molecule has 0 amide bonds. The molecule has 0 fully saturated rings. The first-order chi connectivity index (χ1) is 9.29. The average molecular weight is 275 g/mol. The van der Waals surface area contributed by atoms with E-state index in [-0.39, 0.29) is 6.10 Å². The normalized spacial score (nSPS) is 17.2. The van der Waals surface area contributed by atoms with Crippen molar-refractivity contribution in [2.75, 3.05) is 6.61 Å². The van der Waals surface area contributed by atoms with E-state index in [1.165, 1.54) is 0 Å². The van der Waals surface area contributed by atoms with Crippen LogP contribution >= 0.6 is 12.2 Å². The third-order valence-corrected chi connectivity index (χ3v) is 3.21. The monoisotopic (exact) mass is 275 g/mol. The lowest BCUT2D eigenvalue weighted by atomic mass is 10.2. The molecule has 0 spiro atoms. The highest BCUT2D eigenvalue weighted by atomic mass is 32.1. The molecule has 0 bridgehead atoms. The van der Waals surface area contributed by atoms with Crippen LogP contribution in [-0.2, 0) is 6.54 Å². The first-order valence-corrected chi connectivity index (χ1v) is 6.35. The fraction of sp³-hybridized carbons (Fsp3) is 0.231. The molecule has 0 radical (unpaired) electrons. The molecule has 1 unspecified atom stereocenters. The van der Waals surface area contributed by atoms with Gasteiger partial charge >= 0.3 is 0 Å². The maximum absolute atomic E-state index is 5.91. The van der Waals surface area contributed by atoms with Gasteiger partial charge in [0.2, 0.25) is 0 Å². The summed E-state index contributed by atoms with van der Waals surface area (Å²) in [7, 11) is 0. The molecular weight excluding hydrogens is 262 g/mol. The summed E-state index contributed by atoms with van der Waals surface area (Å²) in [6.45, 7) is 4.72. The predicted octanol–water partition coefficient (Wildman–Crippen LogP) is 2.64. The molecule has 1 aliphatic heterocycles. The van der Waals surface area contributed by atoms with Gasteiger partial charge < -0.3 is 9.47 Å². The Labute approximate surface area is 115 Å². The van der Waals surface area contributed by atoms with E-state index in [2.05, 4.69) is 16.8 Å². The van der Waals surface area contributed by atoms with Crippen molar-refractivity contribution in [2.24, 2.45) is 0 Å². The summed E-state index contributed by atoms with van der Waals surface area (Å²) in [4.78, 5) is 0. The molecule has 19 heavy (non-hydrogen) atoms. The smallest absolute Gasteiger partial charge is 0.195 e. The number of nitrogens with one attached hydrogen (secondary N) is 1. The Kier molecular flexibility index (Phi) is 3.08. The van der Waals surface area contributed by atoms with Gasteiger partial charge in [0.05, 0.1) is 0 Å². The molecule has 5 nitrogen and oxygen atoms in total. The third kappa shape index (κ3) is 2.15. The van der Waals surface area contributed by atoms with Crippen molar-refractivity contribution >= 4 is 12.2 Å². The third-order valence-electron chi connectivity index (χ3n) is 2.90. The van der Waals surface area contributed by atoms with Crippen molar-refractivity contribution in [3.8, 4) is 11.5 Å². The van der Waals surface area contributed by atoms with Crippen molar-refractivity contribution in [3.63, 3.8) is 0 Å². The summed E-state index contributed by atoms with van der Waals surface area (Å²) < 4.78 is 14.0. The van der Waals surface area contributed by atoms with Gasteiger partial charge in [0.25, 0.3) is 0 Å². The van der Waals surface area contributed by atoms with Crippen LogP contribution < -0.4 is 9.47 Å². The second kappa shape index (κ2) is 4.89. The van der Waals surface area contributed by atoms with E-state index in [0.717, 1.165) is 17.3 Å². The van der Waals surface area contributed by atoms with Crippen LogP contribution in [0.1, 0.15) is 11.9 Å². The van der Waals surface area contributed by atoms with Crippen LogP contribution in [-0.4, -0.2) is 21.4 Å². The van der Waals surface area contributed by atoms with Crippen molar-refractivity contribution in [3.05, 3.63) is 47.5 Å². The minimum Gasteiger partial charge on any atom is -0.485 e. The number of fused-ring (bicyclic) bond motifs is 1. The van der Waals surface area contributed by atoms with Crippen molar-refractivity contribution in [2.45, 2.75) is 12.6 Å². The highest BCUT2D eigenvalue weighted by Crippen LogP contribution is 2.35. The Morgan fingerprint density at radius 1 is 1.47 bits per heavy atom. The first kappa shape index (κ1) is 12.0. The Bertz CT molecular complexity index is 662. The second-order valence-corrected chi connectivity index (χ2v) is 4.54. The maximum atomic E-state index is 5.91. The van der Waals surface area contributed by atoms with Crippen LogP contribution in [0.15, 0.2) is 36.9 Å². The topological polar surface area (TPSA) is 52.1 Å². The molecule has 1 aromatic heterocycles. The highest BCUT2D eigenvalue weighted by Gasteiger charge is 2.26. The number of rotatable bonds is 3. The lowest BCUT2D eigenvalue weighted by Gasteiger charge is -2.25. The van der Waals surface area contributed by atoms with Crippen molar-refractivity contribution < 1.29 is 9.47 Å². The van der Waals surface area contributed by atoms with E-state index < -0.39 is 0 Å². The van der Waals surface area contributed by atoms with Gasteiger partial charge in [0.15, 0.2) is 28.2 Å². The Hall–Kier alpha value is -2.08. The molecular formula is C13H13N3O2S. The van der Waals surface area contributed by atoms with E-state index in [1.807, 2.05) is 28.8 Å². The summed E-state index contributed by atoms with van der Waals surface area (Å²) in [5, 5.41) is 7.00. The largest absolute Gasteiger partial charge is 0.485 e. The van der Waals surface area contributed by atoms with Crippen molar-refractivity contribution in [1.82, 2.24) is 14.8 Å². The number of benzene rings is 1. The van der Waals surface area contributed by atoms with Crippen LogP contribution in [0.3, 0.4) is 0 Å². The Balaban J connectivity index is 1.93. The van der Waals surface area contributed by atoms with E-state index >= 15 is 0 Å². The zero-order chi connectivity index (χ0) is 13.2. The number of para-hydroxylation sites is 2. The van der Waals surface area contributed by atoms with Crippen LogP contribution in [0.5, 0.6) is 11.5 Å². The van der Waals surface area contributed by atoms with Gasteiger partial charge in [-0.3, -0.25) is 9.67 Å². The first-order valence-electron chi connectivity index (χ1n) is 5.94. The predicted molar refractivity (Wildman–Crippen MR) is 72.9 cm³/mol. The molecule has 98 valence electrons. The molecule has 2 heterocycles. The van der Waals surface area contributed by atoms with Gasteiger partial charge in [-0.15, -0.1) is 6.58 Å². The van der Waals surface area contributed by atoms with E-state index in [0.29, 0.717) is 17.9 Å². The standard InChI is InChI=1S/C13H13N3O2S/c1-2-7-16-12(14-15-13(16)19)11-8-17-9-5-3-4-6-10(9)18-11/h2-6,11H,1,7-8H2,(H,15,19). The van der Waals surface area contributed by atoms with Gasteiger partial charge in [-0.05, 0) is 24.4 Å². The molecule has 6 heteroatoms. The Morgan fingerprint density at radius 2 is 2.26 bits per heavy atom. The Morgan fingerprint density at radius 3 is 3.05 bits per heavy atom. The van der Waals surface area contributed by atoms with Gasteiger partial charge in [0.1, 0.15) is 6.61 Å². The second-order valence-electron chi connectivity index (χ2n) is 4.15. The average Bonchev–Trinajstić information content (AvgIpc) is 2.80. The number of ether oxygens (including phenoxy) is 2. The highest BCUT2D eigenvalue weighted by molar-refractivity contribution is 7.71. The molecule has 2 aromatic rings. The number of aromatic nitrogens is 3. The quantitative estimate of drug-likeness (QED) is 0.691. The van der Waals surface area contributed by atoms with E-state index in [4.69, 9.17) is 21.7 Å². The molecule has 1 atom stereocenters. The lowest BCUT2D eigenvalue weighted by Crippen LogP contribution is -2.24. The summed E-state index contributed by atoms with van der Waals surface area (Å²) in [5.41, 5.74) is 0. The summed E-state index contributed by atoms with van der Waals surface area (Å²) in [6.07, 6.45) is 1.50. The van der Waals surface area contributed by atoms with Crippen LogP contribution in [0, 0.1) is 4.77 Å². The van der Waals surface area contributed by atoms with E-state index in [9.17, 15) is 0 Å². The molecule has 1 N–H and O–H groups in total. The van der Waals surface area contributed by atoms with Gasteiger partial charge in [-0.25, -0.2) is 0 Å². The fourth-order valence-electron chi connectivity index (χ4n) is 2.03. The van der Waals surface area contributed by atoms with Crippen LogP contribution in [0.2, 0.25) is 0 Å². The maximum Gasteiger partial charge on any atom is 0.195 e. The number of hydrogen-bond acceptors (Lipinski definition) is 4. The van der Waals surface area contributed by atoms with Crippen LogP contribution in [0.25, 0.3) is 0 Å². The molecule has 3 rings (SSSR count). The number of aromatic amines is 1. The number of hydrogen-bond donors (Lipinski definition) is 1. The minimum atomic E-state index is -0.275. The number of H-pyrrole nitrogens is 1. The fourth-order valence-corrected chi connectivity index (χ4v) is 2.24. The van der Waals surface area contributed by atoms with Crippen LogP contribution in [0.4, 0.5) is 0 Å². The van der Waals surface area contributed by atoms with Gasteiger partial charge in [-0.1, -0.05) is 18.2 Å². The SMILES string of the molecule is C=CCn1c(C2COc3ccccc3O2)n[nH]c1=S. The summed E-state index contributed by atoms with van der Waals surface area (Å²) >= 11 is 5.19. The summed E-state index contributed by atoms with van der Waals surface area (Å²) in [5.74, 6) is 2.19. The lowest BCUT2D eigenvalue weighted by molar-refractivity contribution is 0.0824. The van der Waals surface area contributed by atoms with Gasteiger partial charge in [-0.2, -0.15) is 5.10 Å². The number of nitrogens with zero attached hydrogens (tertiary/aromatic N) is 2. The minimum absolute atomic E-state index is 0.275. The number of allylic oxidation sites excluding steroid dienone is 1. The van der Waals surface area contributed by atoms with Gasteiger partial charge in [0, 0.05) is 6.54 Å². The van der Waals surface area contributed by atoms with Crippen molar-refractivity contribution in [1.29, 1.82) is 0 Å². The molecule has 0 aliphatic carbocycles. The summed E-state index contributed by atoms with van der Waals surface area (Å²) in [6, 6.07) is 7.58. The molecule has 0 saturated heterocycles. The zero-order valence-corrected chi connectivity index (χ0v) is 11.0. The molecule has 0 saturated carbocycles.